The number of aliphatic hydroxyl groups is 1. The number of hydrogen-bond donors (Lipinski definition) is 2. The molecule has 6 heteroatoms. The van der Waals surface area contributed by atoms with Crippen molar-refractivity contribution in [2.75, 3.05) is 13.7 Å². The topological polar surface area (TPSA) is 85.7 Å². The highest BCUT2D eigenvalue weighted by Crippen LogP contribution is 2.30. The minimum Gasteiger partial charge on any atom is -0.465 e. The van der Waals surface area contributed by atoms with Crippen LogP contribution in [0, 0.1) is 0 Å². The highest BCUT2D eigenvalue weighted by atomic mass is 32.1. The molecule has 0 aliphatic carbocycles. The molecular weight excluding hydrogens is 266 g/mol. The maximum Gasteiger partial charge on any atom is 0.348 e. The zero-order valence-electron chi connectivity index (χ0n) is 10.5. The van der Waals surface area contributed by atoms with Gasteiger partial charge >= 0.3 is 5.97 Å². The van der Waals surface area contributed by atoms with Crippen LogP contribution >= 0.6 is 11.3 Å². The van der Waals surface area contributed by atoms with E-state index in [1.807, 2.05) is 11.4 Å². The smallest absolute Gasteiger partial charge is 0.348 e. The van der Waals surface area contributed by atoms with Crippen LogP contribution in [-0.4, -0.2) is 30.8 Å². The van der Waals surface area contributed by atoms with E-state index < -0.39 is 0 Å². The van der Waals surface area contributed by atoms with Crippen molar-refractivity contribution in [2.24, 2.45) is 5.73 Å². The Morgan fingerprint density at radius 1 is 1.53 bits per heavy atom. The molecule has 2 heterocycles. The van der Waals surface area contributed by atoms with Gasteiger partial charge in [-0.25, -0.2) is 4.79 Å². The van der Waals surface area contributed by atoms with Crippen molar-refractivity contribution < 1.29 is 19.1 Å². The summed E-state index contributed by atoms with van der Waals surface area (Å²) >= 11 is 1.31. The molecule has 0 aliphatic rings. The molecule has 3 N–H and O–H groups in total. The van der Waals surface area contributed by atoms with Crippen molar-refractivity contribution in [3.8, 4) is 11.3 Å². The van der Waals surface area contributed by atoms with Gasteiger partial charge in [-0.3, -0.25) is 0 Å². The number of ether oxygens (including phenoxy) is 1. The number of esters is 1. The van der Waals surface area contributed by atoms with Gasteiger partial charge in [0, 0.05) is 18.0 Å². The van der Waals surface area contributed by atoms with Crippen LogP contribution in [0.3, 0.4) is 0 Å². The molecule has 0 fully saturated rings. The highest BCUT2D eigenvalue weighted by molar-refractivity contribution is 7.12. The molecule has 5 nitrogen and oxygen atoms in total. The van der Waals surface area contributed by atoms with Crippen molar-refractivity contribution in [3.63, 3.8) is 0 Å². The van der Waals surface area contributed by atoms with E-state index in [1.165, 1.54) is 18.4 Å². The van der Waals surface area contributed by atoms with E-state index in [9.17, 15) is 4.79 Å². The standard InChI is InChI=1S/C13H15NO4S/c1-17-13(16)12-10(4-5-19-12)11-3-2-9(18-11)6-8(14)7-15/h2-5,8,15H,6-7,14H2,1H3. The summed E-state index contributed by atoms with van der Waals surface area (Å²) in [6.45, 7) is -0.0953. The summed E-state index contributed by atoms with van der Waals surface area (Å²) in [7, 11) is 1.35. The number of carbonyl (C=O) groups excluding carboxylic acids is 1. The predicted octanol–water partition coefficient (Wildman–Crippen LogP) is 1.66. The summed E-state index contributed by atoms with van der Waals surface area (Å²) in [6, 6.07) is 5.05. The van der Waals surface area contributed by atoms with Gasteiger partial charge in [0.05, 0.1) is 13.7 Å². The molecule has 0 saturated heterocycles. The lowest BCUT2D eigenvalue weighted by Gasteiger charge is -2.04. The molecule has 0 saturated carbocycles. The lowest BCUT2D eigenvalue weighted by atomic mass is 10.2. The lowest BCUT2D eigenvalue weighted by molar-refractivity contribution is 0.0607. The van der Waals surface area contributed by atoms with E-state index in [0.717, 1.165) is 0 Å². The molecule has 2 rings (SSSR count). The first kappa shape index (κ1) is 13.8. The normalized spacial score (nSPS) is 12.4. The van der Waals surface area contributed by atoms with Crippen molar-refractivity contribution in [3.05, 3.63) is 34.2 Å². The fourth-order valence-corrected chi connectivity index (χ4v) is 2.52. The van der Waals surface area contributed by atoms with E-state index in [1.54, 1.807) is 12.1 Å². The van der Waals surface area contributed by atoms with Gasteiger partial charge in [0.2, 0.25) is 0 Å². The fourth-order valence-electron chi connectivity index (χ4n) is 1.71. The molecule has 0 bridgehead atoms. The third-order valence-corrected chi connectivity index (χ3v) is 3.56. The monoisotopic (exact) mass is 281 g/mol. The van der Waals surface area contributed by atoms with Crippen molar-refractivity contribution in [2.45, 2.75) is 12.5 Å². The summed E-state index contributed by atoms with van der Waals surface area (Å²) in [4.78, 5) is 12.1. The third-order valence-electron chi connectivity index (χ3n) is 2.66. The van der Waals surface area contributed by atoms with E-state index in [-0.39, 0.29) is 18.6 Å². The summed E-state index contributed by atoms with van der Waals surface area (Å²) < 4.78 is 10.4. The second-order valence-electron chi connectivity index (χ2n) is 4.07. The number of furan rings is 1. The molecule has 2 aromatic rings. The Bertz CT molecular complexity index is 560. The second kappa shape index (κ2) is 6.01. The summed E-state index contributed by atoms with van der Waals surface area (Å²) in [5, 5.41) is 10.7. The molecular formula is C13H15NO4S. The minimum atomic E-state index is -0.380. The number of methoxy groups -OCH3 is 1. The molecule has 2 aromatic heterocycles. The highest BCUT2D eigenvalue weighted by Gasteiger charge is 2.18. The van der Waals surface area contributed by atoms with E-state index in [2.05, 4.69) is 0 Å². The molecule has 19 heavy (non-hydrogen) atoms. The van der Waals surface area contributed by atoms with Crippen LogP contribution in [0.2, 0.25) is 0 Å². The van der Waals surface area contributed by atoms with Crippen molar-refractivity contribution >= 4 is 17.3 Å². The molecule has 0 aliphatic heterocycles. The maximum atomic E-state index is 11.6. The Morgan fingerprint density at radius 2 is 2.32 bits per heavy atom. The van der Waals surface area contributed by atoms with Crippen molar-refractivity contribution in [1.82, 2.24) is 0 Å². The SMILES string of the molecule is COC(=O)c1sccc1-c1ccc(CC(N)CO)o1. The summed E-state index contributed by atoms with van der Waals surface area (Å²) in [6.07, 6.45) is 0.453. The van der Waals surface area contributed by atoms with E-state index in [0.29, 0.717) is 28.4 Å². The fraction of sp³-hybridized carbons (Fsp3) is 0.308. The first-order chi connectivity index (χ1) is 9.15. The molecule has 0 radical (unpaired) electrons. The second-order valence-corrected chi connectivity index (χ2v) is 4.98. The third kappa shape index (κ3) is 3.04. The molecule has 1 unspecified atom stereocenters. The van der Waals surface area contributed by atoms with Gasteiger partial charge in [-0.15, -0.1) is 11.3 Å². The van der Waals surface area contributed by atoms with Crippen LogP contribution in [0.5, 0.6) is 0 Å². The van der Waals surface area contributed by atoms with Crippen LogP contribution in [-0.2, 0) is 11.2 Å². The van der Waals surface area contributed by atoms with Crippen LogP contribution < -0.4 is 5.73 Å². The summed E-state index contributed by atoms with van der Waals surface area (Å²) in [5.41, 5.74) is 6.36. The van der Waals surface area contributed by atoms with Gasteiger partial charge in [-0.2, -0.15) is 0 Å². The van der Waals surface area contributed by atoms with Gasteiger partial charge in [0.1, 0.15) is 16.4 Å². The Hall–Kier alpha value is -1.63. The van der Waals surface area contributed by atoms with Crippen molar-refractivity contribution in [1.29, 1.82) is 0 Å². The molecule has 0 amide bonds. The number of rotatable bonds is 5. The first-order valence-corrected chi connectivity index (χ1v) is 6.65. The minimum absolute atomic E-state index is 0.0953. The average Bonchev–Trinajstić information content (AvgIpc) is 3.05. The Morgan fingerprint density at radius 3 is 3.00 bits per heavy atom. The maximum absolute atomic E-state index is 11.6. The summed E-state index contributed by atoms with van der Waals surface area (Å²) in [5.74, 6) is 0.898. The number of thiophene rings is 1. The van der Waals surface area contributed by atoms with E-state index >= 15 is 0 Å². The van der Waals surface area contributed by atoms with Crippen LogP contribution in [0.1, 0.15) is 15.4 Å². The Kier molecular flexibility index (Phi) is 4.36. The number of hydrogen-bond acceptors (Lipinski definition) is 6. The molecule has 0 spiro atoms. The first-order valence-electron chi connectivity index (χ1n) is 5.77. The molecule has 1 atom stereocenters. The van der Waals surface area contributed by atoms with Crippen LogP contribution in [0.25, 0.3) is 11.3 Å². The van der Waals surface area contributed by atoms with Gasteiger partial charge < -0.3 is 20.0 Å². The Balaban J connectivity index is 2.23. The number of aliphatic hydroxyl groups excluding tert-OH is 1. The van der Waals surface area contributed by atoms with E-state index in [4.69, 9.17) is 20.0 Å². The van der Waals surface area contributed by atoms with Gasteiger partial charge in [-0.1, -0.05) is 0 Å². The lowest BCUT2D eigenvalue weighted by Crippen LogP contribution is -2.26. The van der Waals surface area contributed by atoms with Gasteiger partial charge in [-0.05, 0) is 23.6 Å². The van der Waals surface area contributed by atoms with Crippen LogP contribution in [0.15, 0.2) is 28.0 Å². The predicted molar refractivity (Wildman–Crippen MR) is 72.1 cm³/mol. The number of carbonyl (C=O) groups is 1. The zero-order chi connectivity index (χ0) is 13.8. The molecule has 102 valence electrons. The molecule has 0 aromatic carbocycles. The van der Waals surface area contributed by atoms with Gasteiger partial charge in [0.25, 0.3) is 0 Å². The van der Waals surface area contributed by atoms with Gasteiger partial charge in [0.15, 0.2) is 0 Å². The average molecular weight is 281 g/mol. The van der Waals surface area contributed by atoms with Crippen LogP contribution in [0.4, 0.5) is 0 Å². The quantitative estimate of drug-likeness (QED) is 0.814. The largest absolute Gasteiger partial charge is 0.465 e. The zero-order valence-corrected chi connectivity index (χ0v) is 11.3. The number of nitrogens with two attached hydrogens (primary N) is 1. The Labute approximate surface area is 114 Å².